The van der Waals surface area contributed by atoms with Crippen LogP contribution in [-0.4, -0.2) is 30.5 Å². The molecule has 0 unspecified atom stereocenters. The van der Waals surface area contributed by atoms with E-state index in [1.54, 1.807) is 24.3 Å². The van der Waals surface area contributed by atoms with Crippen molar-refractivity contribution in [2.24, 2.45) is 0 Å². The van der Waals surface area contributed by atoms with Crippen LogP contribution in [0.25, 0.3) is 11.2 Å². The highest BCUT2D eigenvalue weighted by atomic mass is 19.1. The molecule has 8 nitrogen and oxygen atoms in total. The highest BCUT2D eigenvalue weighted by Crippen LogP contribution is 2.11. The van der Waals surface area contributed by atoms with Crippen molar-refractivity contribution in [3.63, 3.8) is 0 Å². The van der Waals surface area contributed by atoms with Gasteiger partial charge in [0.05, 0.1) is 6.54 Å². The largest absolute Gasteiger partial charge is 0.325 e. The number of fused-ring (bicyclic) bond motifs is 1. The van der Waals surface area contributed by atoms with Crippen LogP contribution in [-0.2, 0) is 17.9 Å². The molecule has 0 fully saturated rings. The number of halogens is 1. The van der Waals surface area contributed by atoms with Crippen molar-refractivity contribution in [1.29, 1.82) is 0 Å². The van der Waals surface area contributed by atoms with Gasteiger partial charge in [-0.1, -0.05) is 35.5 Å². The van der Waals surface area contributed by atoms with Gasteiger partial charge in [-0.15, -0.1) is 5.10 Å². The molecule has 0 saturated carbocycles. The van der Waals surface area contributed by atoms with E-state index in [1.807, 2.05) is 25.1 Å². The second-order valence-corrected chi connectivity index (χ2v) is 6.61. The molecule has 0 atom stereocenters. The van der Waals surface area contributed by atoms with E-state index in [0.29, 0.717) is 11.3 Å². The smallest absolute Gasteiger partial charge is 0.283 e. The Morgan fingerprint density at radius 3 is 2.79 bits per heavy atom. The molecule has 0 saturated heterocycles. The molecule has 2 aromatic carbocycles. The third kappa shape index (κ3) is 3.88. The quantitative estimate of drug-likeness (QED) is 0.561. The first-order valence-corrected chi connectivity index (χ1v) is 8.90. The molecule has 0 aliphatic heterocycles. The molecule has 0 aliphatic rings. The summed E-state index contributed by atoms with van der Waals surface area (Å²) in [6.07, 6.45) is 1.27. The molecular weight excluding hydrogens is 375 g/mol. The van der Waals surface area contributed by atoms with Crippen molar-refractivity contribution in [1.82, 2.24) is 24.5 Å². The molecule has 29 heavy (non-hydrogen) atoms. The number of aromatic nitrogens is 5. The zero-order valence-corrected chi connectivity index (χ0v) is 15.5. The fourth-order valence-electron chi connectivity index (χ4n) is 2.97. The Balaban J connectivity index is 1.56. The van der Waals surface area contributed by atoms with Crippen LogP contribution in [0.1, 0.15) is 11.1 Å². The van der Waals surface area contributed by atoms with E-state index < -0.39 is 5.56 Å². The highest BCUT2D eigenvalue weighted by molar-refractivity contribution is 5.90. The van der Waals surface area contributed by atoms with Crippen molar-refractivity contribution in [2.45, 2.75) is 20.0 Å². The molecule has 1 N–H and O–H groups in total. The number of hydrogen-bond acceptors (Lipinski definition) is 5. The summed E-state index contributed by atoms with van der Waals surface area (Å²) in [5.74, 6) is -0.741. The monoisotopic (exact) mass is 392 g/mol. The predicted octanol–water partition coefficient (Wildman–Crippen LogP) is 2.12. The number of rotatable bonds is 5. The van der Waals surface area contributed by atoms with Gasteiger partial charge in [-0.05, 0) is 30.7 Å². The van der Waals surface area contributed by atoms with Gasteiger partial charge in [0.15, 0.2) is 11.2 Å². The summed E-state index contributed by atoms with van der Waals surface area (Å²) in [5.41, 5.74) is 1.82. The van der Waals surface area contributed by atoms with Gasteiger partial charge in [0.1, 0.15) is 18.7 Å². The normalized spacial score (nSPS) is 11.0. The van der Waals surface area contributed by atoms with Gasteiger partial charge in [0, 0.05) is 11.3 Å². The highest BCUT2D eigenvalue weighted by Gasteiger charge is 2.15. The maximum absolute atomic E-state index is 13.9. The molecule has 146 valence electrons. The van der Waals surface area contributed by atoms with Crippen molar-refractivity contribution in [3.8, 4) is 0 Å². The number of carbonyl (C=O) groups excluding carboxylic acids is 1. The maximum atomic E-state index is 13.9. The van der Waals surface area contributed by atoms with E-state index in [9.17, 15) is 14.0 Å². The molecule has 0 radical (unpaired) electrons. The minimum atomic E-state index is -0.492. The van der Waals surface area contributed by atoms with Crippen LogP contribution in [0.3, 0.4) is 0 Å². The second-order valence-electron chi connectivity index (χ2n) is 6.61. The first-order chi connectivity index (χ1) is 14.0. The molecule has 0 spiro atoms. The molecule has 0 bridgehead atoms. The van der Waals surface area contributed by atoms with Crippen LogP contribution in [0.2, 0.25) is 0 Å². The lowest BCUT2D eigenvalue weighted by Gasteiger charge is -2.08. The number of anilines is 1. The van der Waals surface area contributed by atoms with Crippen LogP contribution < -0.4 is 10.9 Å². The van der Waals surface area contributed by atoms with Crippen LogP contribution >= 0.6 is 0 Å². The predicted molar refractivity (Wildman–Crippen MR) is 105 cm³/mol. The lowest BCUT2D eigenvalue weighted by Crippen LogP contribution is -2.28. The summed E-state index contributed by atoms with van der Waals surface area (Å²) in [5, 5.41) is 10.5. The van der Waals surface area contributed by atoms with E-state index in [4.69, 9.17) is 0 Å². The third-order valence-electron chi connectivity index (χ3n) is 4.39. The SMILES string of the molecule is Cc1cccc(NC(=O)Cn2cnc3c(nnn3Cc3ccccc3F)c2=O)c1. The van der Waals surface area contributed by atoms with E-state index in [0.717, 1.165) is 10.1 Å². The van der Waals surface area contributed by atoms with E-state index in [2.05, 4.69) is 20.6 Å². The number of nitrogens with zero attached hydrogens (tertiary/aromatic N) is 5. The Morgan fingerprint density at radius 1 is 1.17 bits per heavy atom. The Kier molecular flexibility index (Phi) is 4.86. The lowest BCUT2D eigenvalue weighted by atomic mass is 10.2. The van der Waals surface area contributed by atoms with Crippen LogP contribution in [0.4, 0.5) is 10.1 Å². The minimum absolute atomic E-state index is 0.0206. The summed E-state index contributed by atoms with van der Waals surface area (Å²) in [7, 11) is 0. The molecular formula is C20H17FN6O2. The number of nitrogens with one attached hydrogen (secondary N) is 1. The number of benzene rings is 2. The van der Waals surface area contributed by atoms with Crippen LogP contribution in [0, 0.1) is 12.7 Å². The standard InChI is InChI=1S/C20H17FN6O2/c1-13-5-4-7-15(9-13)23-17(28)11-26-12-22-19-18(20(26)29)24-25-27(19)10-14-6-2-3-8-16(14)21/h2-9,12H,10-11H2,1H3,(H,23,28). The number of carbonyl (C=O) groups is 1. The number of aryl methyl sites for hydroxylation is 1. The molecule has 4 rings (SSSR count). The molecule has 0 aliphatic carbocycles. The average molecular weight is 392 g/mol. The Labute approximate surface area is 164 Å². The van der Waals surface area contributed by atoms with Gasteiger partial charge in [0.2, 0.25) is 5.91 Å². The second kappa shape index (κ2) is 7.63. The van der Waals surface area contributed by atoms with Gasteiger partial charge in [-0.2, -0.15) is 0 Å². The fourth-order valence-corrected chi connectivity index (χ4v) is 2.97. The van der Waals surface area contributed by atoms with Gasteiger partial charge in [-0.25, -0.2) is 14.1 Å². The Morgan fingerprint density at radius 2 is 2.00 bits per heavy atom. The van der Waals surface area contributed by atoms with Gasteiger partial charge in [-0.3, -0.25) is 14.2 Å². The topological polar surface area (TPSA) is 94.7 Å². The molecule has 2 heterocycles. The summed E-state index contributed by atoms with van der Waals surface area (Å²) < 4.78 is 16.4. The van der Waals surface area contributed by atoms with Gasteiger partial charge < -0.3 is 5.32 Å². The average Bonchev–Trinajstić information content (AvgIpc) is 3.09. The zero-order valence-electron chi connectivity index (χ0n) is 15.5. The third-order valence-corrected chi connectivity index (χ3v) is 4.39. The molecule has 9 heteroatoms. The maximum Gasteiger partial charge on any atom is 0.283 e. The summed E-state index contributed by atoms with van der Waals surface area (Å²) in [6.45, 7) is 1.80. The van der Waals surface area contributed by atoms with E-state index in [1.165, 1.54) is 17.1 Å². The summed E-state index contributed by atoms with van der Waals surface area (Å²) in [6, 6.07) is 13.6. The van der Waals surface area contributed by atoms with Crippen LogP contribution in [0.5, 0.6) is 0 Å². The summed E-state index contributed by atoms with van der Waals surface area (Å²) >= 11 is 0. The van der Waals surface area contributed by atoms with Crippen molar-refractivity contribution in [3.05, 3.63) is 82.2 Å². The molecule has 1 amide bonds. The fraction of sp³-hybridized carbons (Fsp3) is 0.150. The van der Waals surface area contributed by atoms with Crippen molar-refractivity contribution < 1.29 is 9.18 Å². The van der Waals surface area contributed by atoms with E-state index >= 15 is 0 Å². The van der Waals surface area contributed by atoms with Crippen molar-refractivity contribution in [2.75, 3.05) is 5.32 Å². The van der Waals surface area contributed by atoms with E-state index in [-0.39, 0.29) is 36.0 Å². The van der Waals surface area contributed by atoms with Crippen LogP contribution in [0.15, 0.2) is 59.7 Å². The lowest BCUT2D eigenvalue weighted by molar-refractivity contribution is -0.116. The summed E-state index contributed by atoms with van der Waals surface area (Å²) in [4.78, 5) is 29.1. The molecule has 2 aromatic heterocycles. The first kappa shape index (κ1) is 18.5. The molecule has 4 aromatic rings. The Hall–Kier alpha value is -3.88. The zero-order chi connectivity index (χ0) is 20.4. The number of amides is 1. The van der Waals surface area contributed by atoms with Crippen molar-refractivity contribution >= 4 is 22.8 Å². The number of hydrogen-bond donors (Lipinski definition) is 1. The minimum Gasteiger partial charge on any atom is -0.325 e. The Bertz CT molecular complexity index is 1260. The van der Waals surface area contributed by atoms with Gasteiger partial charge >= 0.3 is 0 Å². The first-order valence-electron chi connectivity index (χ1n) is 8.90. The van der Waals surface area contributed by atoms with Gasteiger partial charge in [0.25, 0.3) is 5.56 Å².